The van der Waals surface area contributed by atoms with Crippen LogP contribution in [0.15, 0.2) is 30.3 Å². The molecule has 1 aromatic heterocycles. The predicted molar refractivity (Wildman–Crippen MR) is 103 cm³/mol. The number of ether oxygens (including phenoxy) is 1. The van der Waals surface area contributed by atoms with Crippen LogP contribution in [-0.4, -0.2) is 52.0 Å². The minimum atomic E-state index is -0.549. The van der Waals surface area contributed by atoms with Crippen molar-refractivity contribution in [2.45, 2.75) is 33.6 Å². The maximum Gasteiger partial charge on any atom is 0.309 e. The van der Waals surface area contributed by atoms with Gasteiger partial charge in [-0.3, -0.25) is 14.4 Å². The number of para-hydroxylation sites is 1. The molecule has 1 saturated heterocycles. The SMILES string of the molecule is CCOC(=O)C1CCN(C(=O)C(=O)c2c(C)nn(-c3ccccc3)c2C)CC1. The van der Waals surface area contributed by atoms with E-state index < -0.39 is 11.7 Å². The number of amides is 1. The molecule has 1 amide bonds. The fraction of sp³-hybridized carbons (Fsp3) is 0.429. The monoisotopic (exact) mass is 383 g/mol. The van der Waals surface area contributed by atoms with Crippen LogP contribution in [0.25, 0.3) is 5.69 Å². The molecule has 2 aromatic rings. The van der Waals surface area contributed by atoms with Gasteiger partial charge < -0.3 is 9.64 Å². The largest absolute Gasteiger partial charge is 0.466 e. The molecule has 0 unspecified atom stereocenters. The topological polar surface area (TPSA) is 81.5 Å². The summed E-state index contributed by atoms with van der Waals surface area (Å²) < 4.78 is 6.73. The number of likely N-dealkylation sites (tertiary alicyclic amines) is 1. The summed E-state index contributed by atoms with van der Waals surface area (Å²) in [6.45, 7) is 6.40. The second-order valence-corrected chi connectivity index (χ2v) is 6.94. The molecule has 0 N–H and O–H groups in total. The Hall–Kier alpha value is -2.96. The van der Waals surface area contributed by atoms with Crippen molar-refractivity contribution < 1.29 is 19.1 Å². The zero-order chi connectivity index (χ0) is 20.3. The van der Waals surface area contributed by atoms with Gasteiger partial charge in [0.15, 0.2) is 0 Å². The molecule has 1 aromatic carbocycles. The van der Waals surface area contributed by atoms with Crippen molar-refractivity contribution in [1.29, 1.82) is 0 Å². The van der Waals surface area contributed by atoms with Gasteiger partial charge in [-0.15, -0.1) is 0 Å². The molecule has 1 fully saturated rings. The van der Waals surface area contributed by atoms with Crippen molar-refractivity contribution in [3.63, 3.8) is 0 Å². The minimum Gasteiger partial charge on any atom is -0.466 e. The molecule has 0 bridgehead atoms. The second kappa shape index (κ2) is 8.37. The van der Waals surface area contributed by atoms with Gasteiger partial charge in [0.05, 0.1) is 35.2 Å². The van der Waals surface area contributed by atoms with Crippen molar-refractivity contribution in [3.05, 3.63) is 47.3 Å². The molecule has 0 aliphatic carbocycles. The van der Waals surface area contributed by atoms with Gasteiger partial charge in [0.1, 0.15) is 0 Å². The average Bonchev–Trinajstić information content (AvgIpc) is 3.02. The van der Waals surface area contributed by atoms with Crippen LogP contribution in [0.5, 0.6) is 0 Å². The summed E-state index contributed by atoms with van der Waals surface area (Å²) in [6.07, 6.45) is 1.03. The number of benzene rings is 1. The van der Waals surface area contributed by atoms with Gasteiger partial charge >= 0.3 is 5.97 Å². The fourth-order valence-corrected chi connectivity index (χ4v) is 3.62. The first kappa shape index (κ1) is 19.8. The Morgan fingerprint density at radius 1 is 1.11 bits per heavy atom. The quantitative estimate of drug-likeness (QED) is 0.450. The van der Waals surface area contributed by atoms with Crippen LogP contribution < -0.4 is 0 Å². The summed E-state index contributed by atoms with van der Waals surface area (Å²) >= 11 is 0. The number of aromatic nitrogens is 2. The summed E-state index contributed by atoms with van der Waals surface area (Å²) in [5.41, 5.74) is 2.36. The number of esters is 1. The number of ketones is 1. The highest BCUT2D eigenvalue weighted by atomic mass is 16.5. The molecule has 0 radical (unpaired) electrons. The summed E-state index contributed by atoms with van der Waals surface area (Å²) in [7, 11) is 0. The molecular weight excluding hydrogens is 358 g/mol. The summed E-state index contributed by atoms with van der Waals surface area (Å²) in [5, 5.41) is 4.45. The highest BCUT2D eigenvalue weighted by molar-refractivity contribution is 6.43. The highest BCUT2D eigenvalue weighted by Crippen LogP contribution is 2.22. The zero-order valence-electron chi connectivity index (χ0n) is 16.5. The molecule has 28 heavy (non-hydrogen) atoms. The maximum atomic E-state index is 12.9. The predicted octanol–water partition coefficient (Wildman–Crippen LogP) is 2.47. The maximum absolute atomic E-state index is 12.9. The molecule has 0 atom stereocenters. The van der Waals surface area contributed by atoms with Gasteiger partial charge in [0.25, 0.3) is 11.7 Å². The third-order valence-electron chi connectivity index (χ3n) is 5.12. The summed E-state index contributed by atoms with van der Waals surface area (Å²) in [4.78, 5) is 39.1. The number of hydrogen-bond donors (Lipinski definition) is 0. The van der Waals surface area contributed by atoms with Crippen LogP contribution >= 0.6 is 0 Å². The molecule has 148 valence electrons. The first-order valence-corrected chi connectivity index (χ1v) is 9.56. The molecule has 1 aliphatic rings. The third kappa shape index (κ3) is 3.83. The van der Waals surface area contributed by atoms with Gasteiger partial charge in [0, 0.05) is 13.1 Å². The van der Waals surface area contributed by atoms with Gasteiger partial charge in [0.2, 0.25) is 0 Å². The fourth-order valence-electron chi connectivity index (χ4n) is 3.62. The lowest BCUT2D eigenvalue weighted by atomic mass is 9.96. The summed E-state index contributed by atoms with van der Waals surface area (Å²) in [5.74, 6) is -1.52. The normalized spacial score (nSPS) is 14.8. The van der Waals surface area contributed by atoms with Crippen LogP contribution in [0.3, 0.4) is 0 Å². The first-order valence-electron chi connectivity index (χ1n) is 9.56. The number of piperidine rings is 1. The van der Waals surface area contributed by atoms with E-state index in [0.717, 1.165) is 5.69 Å². The zero-order valence-corrected chi connectivity index (χ0v) is 16.5. The smallest absolute Gasteiger partial charge is 0.309 e. The molecule has 7 heteroatoms. The van der Waals surface area contributed by atoms with Crippen LogP contribution in [0, 0.1) is 19.8 Å². The van der Waals surface area contributed by atoms with Gasteiger partial charge in [-0.1, -0.05) is 18.2 Å². The molecule has 2 heterocycles. The van der Waals surface area contributed by atoms with E-state index in [2.05, 4.69) is 5.10 Å². The Bertz CT molecular complexity index is 881. The Morgan fingerprint density at radius 2 is 1.75 bits per heavy atom. The lowest BCUT2D eigenvalue weighted by Gasteiger charge is -2.30. The number of nitrogens with zero attached hydrogens (tertiary/aromatic N) is 3. The van der Waals surface area contributed by atoms with Gasteiger partial charge in [-0.25, -0.2) is 4.68 Å². The molecule has 0 spiro atoms. The van der Waals surface area contributed by atoms with Crippen LogP contribution in [0.1, 0.15) is 41.5 Å². The van der Waals surface area contributed by atoms with E-state index >= 15 is 0 Å². The number of carbonyl (C=O) groups is 3. The number of hydrogen-bond acceptors (Lipinski definition) is 5. The van der Waals surface area contributed by atoms with E-state index in [0.29, 0.717) is 49.5 Å². The van der Waals surface area contributed by atoms with E-state index in [-0.39, 0.29) is 11.9 Å². The highest BCUT2D eigenvalue weighted by Gasteiger charge is 2.33. The van der Waals surface area contributed by atoms with E-state index in [1.807, 2.05) is 30.3 Å². The Kier molecular flexibility index (Phi) is 5.92. The number of aryl methyl sites for hydroxylation is 1. The van der Waals surface area contributed by atoms with E-state index in [4.69, 9.17) is 4.74 Å². The first-order chi connectivity index (χ1) is 13.4. The van der Waals surface area contributed by atoms with Gasteiger partial charge in [-0.05, 0) is 45.7 Å². The van der Waals surface area contributed by atoms with Crippen molar-refractivity contribution in [3.8, 4) is 5.69 Å². The van der Waals surface area contributed by atoms with E-state index in [1.54, 1.807) is 25.5 Å². The second-order valence-electron chi connectivity index (χ2n) is 6.94. The number of rotatable bonds is 5. The van der Waals surface area contributed by atoms with E-state index in [1.165, 1.54) is 4.90 Å². The lowest BCUT2D eigenvalue weighted by molar-refractivity contribution is -0.150. The summed E-state index contributed by atoms with van der Waals surface area (Å²) in [6, 6.07) is 9.49. The molecule has 3 rings (SSSR count). The number of carbonyl (C=O) groups excluding carboxylic acids is 3. The number of Topliss-reactive ketones (excluding diaryl/α,β-unsaturated/α-hetero) is 1. The molecule has 0 saturated carbocycles. The molecule has 7 nitrogen and oxygen atoms in total. The average molecular weight is 383 g/mol. The van der Waals surface area contributed by atoms with Crippen molar-refractivity contribution in [2.24, 2.45) is 5.92 Å². The minimum absolute atomic E-state index is 0.205. The van der Waals surface area contributed by atoms with Crippen molar-refractivity contribution in [2.75, 3.05) is 19.7 Å². The van der Waals surface area contributed by atoms with Gasteiger partial charge in [-0.2, -0.15) is 5.10 Å². The lowest BCUT2D eigenvalue weighted by Crippen LogP contribution is -2.43. The van der Waals surface area contributed by atoms with Crippen molar-refractivity contribution >= 4 is 17.7 Å². The Labute approximate surface area is 164 Å². The Balaban J connectivity index is 1.74. The van der Waals surface area contributed by atoms with Crippen LogP contribution in [-0.2, 0) is 14.3 Å². The van der Waals surface area contributed by atoms with Crippen LogP contribution in [0.2, 0.25) is 0 Å². The molecule has 1 aliphatic heterocycles. The third-order valence-corrected chi connectivity index (χ3v) is 5.12. The Morgan fingerprint density at radius 3 is 2.36 bits per heavy atom. The van der Waals surface area contributed by atoms with Crippen molar-refractivity contribution in [1.82, 2.24) is 14.7 Å². The molecular formula is C21H25N3O4. The standard InChI is InChI=1S/C21H25N3O4/c1-4-28-21(27)16-10-12-23(13-11-16)20(26)19(25)18-14(2)22-24(15(18)3)17-8-6-5-7-9-17/h5-9,16H,4,10-13H2,1-3H3. The van der Waals surface area contributed by atoms with Crippen LogP contribution in [0.4, 0.5) is 0 Å². The van der Waals surface area contributed by atoms with E-state index in [9.17, 15) is 14.4 Å².